The quantitative estimate of drug-likeness (QED) is 0.874. The van der Waals surface area contributed by atoms with Crippen LogP contribution >= 0.6 is 23.5 Å². The Hall–Kier alpha value is -0.390. The molecule has 20 heavy (non-hydrogen) atoms. The van der Waals surface area contributed by atoms with Crippen LogP contribution in [0.1, 0.15) is 37.4 Å². The molecule has 3 unspecified atom stereocenters. The second kappa shape index (κ2) is 7.57. The fraction of sp³-hybridized carbons (Fsp3) is 0.667. The first kappa shape index (κ1) is 16.0. The van der Waals surface area contributed by atoms with Gasteiger partial charge in [-0.15, -0.1) is 0 Å². The summed E-state index contributed by atoms with van der Waals surface area (Å²) in [6, 6.07) is 2.37. The van der Waals surface area contributed by atoms with Gasteiger partial charge in [0.25, 0.3) is 0 Å². The number of aryl methyl sites for hydroxylation is 1. The second-order valence-corrected chi connectivity index (χ2v) is 7.75. The van der Waals surface area contributed by atoms with Gasteiger partial charge in [-0.3, -0.25) is 0 Å². The van der Waals surface area contributed by atoms with E-state index in [2.05, 4.69) is 60.7 Å². The zero-order valence-electron chi connectivity index (χ0n) is 12.6. The van der Waals surface area contributed by atoms with Gasteiger partial charge < -0.3 is 11.1 Å². The van der Waals surface area contributed by atoms with Crippen molar-refractivity contribution in [3.8, 4) is 0 Å². The smallest absolute Gasteiger partial charge is 0.128 e. The maximum atomic E-state index is 6.18. The average Bonchev–Trinajstić information content (AvgIpc) is 2.46. The van der Waals surface area contributed by atoms with Gasteiger partial charge in [0.05, 0.1) is 0 Å². The van der Waals surface area contributed by atoms with Crippen molar-refractivity contribution in [1.29, 1.82) is 0 Å². The standard InChI is InChI=1S/C15H25N3S2/c1-4-11-14(20-9-8-19-11)13(17-5-2)12-10(3)6-7-18-15(12)16/h6-7,11,13-14,17H,4-5,8-9H2,1-3H3,(H2,16,18). The van der Waals surface area contributed by atoms with E-state index in [1.165, 1.54) is 29.1 Å². The second-order valence-electron chi connectivity index (χ2n) is 5.12. The van der Waals surface area contributed by atoms with Gasteiger partial charge in [0.15, 0.2) is 0 Å². The highest BCUT2D eigenvalue weighted by atomic mass is 32.2. The van der Waals surface area contributed by atoms with Crippen LogP contribution in [0.5, 0.6) is 0 Å². The third kappa shape index (κ3) is 3.43. The third-order valence-electron chi connectivity index (χ3n) is 3.80. The van der Waals surface area contributed by atoms with E-state index in [9.17, 15) is 0 Å². The third-order valence-corrected chi connectivity index (χ3v) is 7.15. The zero-order chi connectivity index (χ0) is 14.5. The predicted octanol–water partition coefficient (Wildman–Crippen LogP) is 3.25. The molecule has 1 fully saturated rings. The van der Waals surface area contributed by atoms with Crippen LogP contribution < -0.4 is 11.1 Å². The number of pyridine rings is 1. The Balaban J connectivity index is 2.34. The fourth-order valence-electron chi connectivity index (χ4n) is 2.84. The summed E-state index contributed by atoms with van der Waals surface area (Å²) in [5.74, 6) is 3.18. The number of nitrogens with zero attached hydrogens (tertiary/aromatic N) is 1. The lowest BCUT2D eigenvalue weighted by Gasteiger charge is -2.37. The van der Waals surface area contributed by atoms with Gasteiger partial charge in [-0.2, -0.15) is 23.5 Å². The molecule has 2 heterocycles. The van der Waals surface area contributed by atoms with Crippen LogP contribution in [0.25, 0.3) is 0 Å². The molecule has 0 radical (unpaired) electrons. The molecule has 3 N–H and O–H groups in total. The summed E-state index contributed by atoms with van der Waals surface area (Å²) < 4.78 is 0. The predicted molar refractivity (Wildman–Crippen MR) is 92.6 cm³/mol. The van der Waals surface area contributed by atoms with Crippen LogP contribution in [0.2, 0.25) is 0 Å². The van der Waals surface area contributed by atoms with Crippen LogP contribution in [-0.2, 0) is 0 Å². The van der Waals surface area contributed by atoms with E-state index in [0.29, 0.717) is 22.4 Å². The molecular formula is C15H25N3S2. The Bertz CT molecular complexity index is 419. The van der Waals surface area contributed by atoms with Crippen LogP contribution in [0.3, 0.4) is 0 Å². The van der Waals surface area contributed by atoms with Crippen molar-refractivity contribution < 1.29 is 0 Å². The summed E-state index contributed by atoms with van der Waals surface area (Å²) in [5.41, 5.74) is 8.63. The summed E-state index contributed by atoms with van der Waals surface area (Å²) in [6.45, 7) is 7.55. The number of nitrogens with one attached hydrogen (secondary N) is 1. The van der Waals surface area contributed by atoms with Crippen molar-refractivity contribution in [3.05, 3.63) is 23.4 Å². The van der Waals surface area contributed by atoms with Crippen LogP contribution in [0.15, 0.2) is 12.3 Å². The minimum atomic E-state index is 0.302. The Kier molecular flexibility index (Phi) is 6.05. The fourth-order valence-corrected chi connectivity index (χ4v) is 6.08. The number of rotatable bonds is 5. The highest BCUT2D eigenvalue weighted by Crippen LogP contribution is 2.41. The lowest BCUT2D eigenvalue weighted by Crippen LogP contribution is -2.39. The highest BCUT2D eigenvalue weighted by molar-refractivity contribution is 8.07. The average molecular weight is 312 g/mol. The molecule has 112 valence electrons. The molecule has 1 aromatic rings. The Labute approximate surface area is 130 Å². The molecule has 0 aliphatic carbocycles. The van der Waals surface area contributed by atoms with Crippen LogP contribution in [0.4, 0.5) is 5.82 Å². The van der Waals surface area contributed by atoms with Gasteiger partial charge in [-0.1, -0.05) is 13.8 Å². The summed E-state index contributed by atoms with van der Waals surface area (Å²) in [4.78, 5) is 4.31. The van der Waals surface area contributed by atoms with E-state index in [1.807, 2.05) is 0 Å². The molecule has 5 heteroatoms. The first-order chi connectivity index (χ1) is 9.69. The summed E-state index contributed by atoms with van der Waals surface area (Å²) in [7, 11) is 0. The summed E-state index contributed by atoms with van der Waals surface area (Å²) in [5, 5.41) is 4.92. The maximum absolute atomic E-state index is 6.18. The van der Waals surface area contributed by atoms with Crippen molar-refractivity contribution in [3.63, 3.8) is 0 Å². The largest absolute Gasteiger partial charge is 0.383 e. The normalized spacial score (nSPS) is 24.6. The van der Waals surface area contributed by atoms with Gasteiger partial charge >= 0.3 is 0 Å². The number of thioether (sulfide) groups is 2. The SMILES string of the molecule is CCNC(c1c(C)ccnc1N)C1SCCSC1CC. The molecule has 0 amide bonds. The molecule has 1 aromatic heterocycles. The number of hydrogen-bond donors (Lipinski definition) is 2. The van der Waals surface area contributed by atoms with E-state index >= 15 is 0 Å². The number of anilines is 1. The topological polar surface area (TPSA) is 50.9 Å². The molecule has 0 spiro atoms. The van der Waals surface area contributed by atoms with Gasteiger partial charge in [0.2, 0.25) is 0 Å². The zero-order valence-corrected chi connectivity index (χ0v) is 14.2. The van der Waals surface area contributed by atoms with E-state index in [-0.39, 0.29) is 0 Å². The monoisotopic (exact) mass is 311 g/mol. The molecule has 1 aliphatic heterocycles. The van der Waals surface area contributed by atoms with Crippen molar-refractivity contribution in [1.82, 2.24) is 10.3 Å². The van der Waals surface area contributed by atoms with Crippen molar-refractivity contribution >= 4 is 29.3 Å². The Morgan fingerprint density at radius 2 is 2.15 bits per heavy atom. The van der Waals surface area contributed by atoms with Gasteiger partial charge in [-0.25, -0.2) is 4.98 Å². The first-order valence-electron chi connectivity index (χ1n) is 7.36. The molecule has 0 saturated carbocycles. The van der Waals surface area contributed by atoms with E-state index < -0.39 is 0 Å². The van der Waals surface area contributed by atoms with E-state index in [1.54, 1.807) is 6.20 Å². The Morgan fingerprint density at radius 3 is 2.80 bits per heavy atom. The van der Waals surface area contributed by atoms with E-state index in [4.69, 9.17) is 5.73 Å². The first-order valence-corrected chi connectivity index (χ1v) is 9.46. The van der Waals surface area contributed by atoms with Crippen LogP contribution in [-0.4, -0.2) is 33.5 Å². The highest BCUT2D eigenvalue weighted by Gasteiger charge is 2.34. The molecule has 0 aromatic carbocycles. The summed E-state index contributed by atoms with van der Waals surface area (Å²) >= 11 is 4.20. The molecule has 1 aliphatic rings. The molecule has 2 rings (SSSR count). The molecular weight excluding hydrogens is 286 g/mol. The van der Waals surface area contributed by atoms with E-state index in [0.717, 1.165) is 6.54 Å². The number of nitrogens with two attached hydrogens (primary N) is 1. The van der Waals surface area contributed by atoms with Gasteiger partial charge in [0, 0.05) is 39.8 Å². The van der Waals surface area contributed by atoms with Crippen molar-refractivity contribution in [2.45, 2.75) is 43.7 Å². The van der Waals surface area contributed by atoms with Gasteiger partial charge in [0.1, 0.15) is 5.82 Å². The van der Waals surface area contributed by atoms with Crippen molar-refractivity contribution in [2.24, 2.45) is 0 Å². The number of hydrogen-bond acceptors (Lipinski definition) is 5. The molecule has 0 bridgehead atoms. The molecule has 3 nitrogen and oxygen atoms in total. The Morgan fingerprint density at radius 1 is 1.40 bits per heavy atom. The van der Waals surface area contributed by atoms with Crippen molar-refractivity contribution in [2.75, 3.05) is 23.8 Å². The minimum Gasteiger partial charge on any atom is -0.383 e. The lowest BCUT2D eigenvalue weighted by molar-refractivity contribution is 0.511. The molecule has 1 saturated heterocycles. The maximum Gasteiger partial charge on any atom is 0.128 e. The summed E-state index contributed by atoms with van der Waals surface area (Å²) in [6.07, 6.45) is 3.01. The lowest BCUT2D eigenvalue weighted by atomic mass is 9.96. The number of aromatic nitrogens is 1. The van der Waals surface area contributed by atoms with Gasteiger partial charge in [-0.05, 0) is 31.5 Å². The number of nitrogen functional groups attached to an aromatic ring is 1. The molecule has 3 atom stereocenters. The minimum absolute atomic E-state index is 0.302. The van der Waals surface area contributed by atoms with Crippen LogP contribution in [0, 0.1) is 6.92 Å².